The Labute approximate surface area is 137 Å². The number of benzene rings is 1. The van der Waals surface area contributed by atoms with Crippen LogP contribution < -0.4 is 16.0 Å². The molecule has 0 radical (unpaired) electrons. The predicted molar refractivity (Wildman–Crippen MR) is 90.5 cm³/mol. The van der Waals surface area contributed by atoms with Gasteiger partial charge in [0.2, 0.25) is 0 Å². The van der Waals surface area contributed by atoms with Crippen molar-refractivity contribution in [1.82, 2.24) is 5.32 Å². The van der Waals surface area contributed by atoms with Crippen molar-refractivity contribution in [1.29, 1.82) is 0 Å². The van der Waals surface area contributed by atoms with E-state index in [0.717, 1.165) is 31.9 Å². The highest BCUT2D eigenvalue weighted by Gasteiger charge is 2.39. The third kappa shape index (κ3) is 3.19. The average molecular weight is 313 g/mol. The molecule has 3 rings (SSSR count). The Morgan fingerprint density at radius 3 is 2.70 bits per heavy atom. The van der Waals surface area contributed by atoms with Crippen LogP contribution >= 0.6 is 0 Å². The molecule has 122 valence electrons. The Morgan fingerprint density at radius 2 is 2.13 bits per heavy atom. The zero-order valence-electron chi connectivity index (χ0n) is 13.5. The molecule has 0 bridgehead atoms. The number of nitrogens with zero attached hydrogens (tertiary/aromatic N) is 1. The largest absolute Gasteiger partial charge is 0.465 e. The van der Waals surface area contributed by atoms with Crippen LogP contribution in [0.4, 0.5) is 5.69 Å². The number of nitrogens with two attached hydrogens (primary N) is 1. The number of anilines is 1. The van der Waals surface area contributed by atoms with Crippen molar-refractivity contribution in [3.8, 4) is 11.8 Å². The van der Waals surface area contributed by atoms with E-state index in [9.17, 15) is 4.79 Å². The van der Waals surface area contributed by atoms with Gasteiger partial charge in [-0.25, -0.2) is 4.79 Å². The molecule has 1 aromatic rings. The van der Waals surface area contributed by atoms with Gasteiger partial charge < -0.3 is 20.7 Å². The van der Waals surface area contributed by atoms with Crippen molar-refractivity contribution in [3.05, 3.63) is 29.3 Å². The summed E-state index contributed by atoms with van der Waals surface area (Å²) in [4.78, 5) is 14.2. The molecule has 1 aromatic carbocycles. The first kappa shape index (κ1) is 15.9. The summed E-state index contributed by atoms with van der Waals surface area (Å²) in [6.45, 7) is 4.65. The minimum absolute atomic E-state index is 0.268. The van der Waals surface area contributed by atoms with Crippen LogP contribution in [0.5, 0.6) is 0 Å². The molecule has 2 saturated heterocycles. The van der Waals surface area contributed by atoms with Crippen molar-refractivity contribution in [3.63, 3.8) is 0 Å². The van der Waals surface area contributed by atoms with E-state index in [1.807, 2.05) is 12.1 Å². The third-order valence-electron chi connectivity index (χ3n) is 4.92. The molecule has 0 atom stereocenters. The van der Waals surface area contributed by atoms with Crippen molar-refractivity contribution in [2.45, 2.75) is 12.8 Å². The molecule has 0 aliphatic carbocycles. The molecule has 23 heavy (non-hydrogen) atoms. The molecule has 5 nitrogen and oxygen atoms in total. The van der Waals surface area contributed by atoms with Crippen LogP contribution in [0.1, 0.15) is 28.8 Å². The lowest BCUT2D eigenvalue weighted by Crippen LogP contribution is -2.58. The summed E-state index contributed by atoms with van der Waals surface area (Å²) in [6.07, 6.45) is 2.42. The summed E-state index contributed by atoms with van der Waals surface area (Å²) in [6, 6.07) is 5.76. The number of esters is 1. The quantitative estimate of drug-likeness (QED) is 0.629. The van der Waals surface area contributed by atoms with Crippen molar-refractivity contribution < 1.29 is 9.53 Å². The number of ether oxygens (including phenoxy) is 1. The summed E-state index contributed by atoms with van der Waals surface area (Å²) < 4.78 is 4.83. The molecule has 3 N–H and O–H groups in total. The first-order valence-corrected chi connectivity index (χ1v) is 8.04. The zero-order valence-corrected chi connectivity index (χ0v) is 13.5. The summed E-state index contributed by atoms with van der Waals surface area (Å²) in [7, 11) is 1.38. The summed E-state index contributed by atoms with van der Waals surface area (Å²) >= 11 is 0. The van der Waals surface area contributed by atoms with Gasteiger partial charge in [-0.2, -0.15) is 0 Å². The number of hydrogen-bond acceptors (Lipinski definition) is 5. The highest BCUT2D eigenvalue weighted by Crippen LogP contribution is 2.36. The van der Waals surface area contributed by atoms with Crippen LogP contribution in [0, 0.1) is 17.3 Å². The maximum Gasteiger partial charge on any atom is 0.339 e. The van der Waals surface area contributed by atoms with Gasteiger partial charge in [-0.05, 0) is 36.5 Å². The first-order valence-electron chi connectivity index (χ1n) is 8.04. The highest BCUT2D eigenvalue weighted by atomic mass is 16.5. The molecule has 2 heterocycles. The fourth-order valence-electron chi connectivity index (χ4n) is 3.34. The zero-order chi connectivity index (χ0) is 16.3. The number of methoxy groups -OCH3 is 1. The minimum Gasteiger partial charge on any atom is -0.465 e. The summed E-state index contributed by atoms with van der Waals surface area (Å²) in [5.74, 6) is 5.46. The fourth-order valence-corrected chi connectivity index (χ4v) is 3.34. The maximum atomic E-state index is 11.9. The van der Waals surface area contributed by atoms with E-state index in [1.54, 1.807) is 6.07 Å². The third-order valence-corrected chi connectivity index (χ3v) is 4.92. The monoisotopic (exact) mass is 313 g/mol. The van der Waals surface area contributed by atoms with Gasteiger partial charge in [0.05, 0.1) is 19.2 Å². The number of piperidine rings is 1. The van der Waals surface area contributed by atoms with Gasteiger partial charge in [0.1, 0.15) is 0 Å². The molecule has 0 saturated carbocycles. The van der Waals surface area contributed by atoms with Gasteiger partial charge >= 0.3 is 5.97 Å². The number of nitrogens with one attached hydrogen (secondary N) is 1. The van der Waals surface area contributed by atoms with Crippen LogP contribution in [-0.2, 0) is 4.74 Å². The molecule has 0 amide bonds. The van der Waals surface area contributed by atoms with Crippen molar-refractivity contribution >= 4 is 11.7 Å². The smallest absolute Gasteiger partial charge is 0.339 e. The van der Waals surface area contributed by atoms with E-state index in [4.69, 9.17) is 10.5 Å². The molecule has 5 heteroatoms. The number of carbonyl (C=O) groups excluding carboxylic acids is 1. The Balaban J connectivity index is 1.81. The molecular weight excluding hydrogens is 290 g/mol. The van der Waals surface area contributed by atoms with E-state index >= 15 is 0 Å². The lowest BCUT2D eigenvalue weighted by molar-refractivity contribution is 0.0600. The van der Waals surface area contributed by atoms with Gasteiger partial charge in [0.15, 0.2) is 0 Å². The van der Waals surface area contributed by atoms with Crippen LogP contribution in [0.25, 0.3) is 0 Å². The van der Waals surface area contributed by atoms with Crippen LogP contribution in [0.15, 0.2) is 18.2 Å². The topological polar surface area (TPSA) is 67.6 Å². The standard InChI is InChI=1S/C18H23N3O2/c1-23-17(22)16-5-4-15(11-14(16)3-2-8-19)21-9-6-18(7-10-21)12-20-13-18/h4-5,11,20H,6-10,12-13,19H2,1H3. The predicted octanol–water partition coefficient (Wildman–Crippen LogP) is 0.973. The molecular formula is C18H23N3O2. The highest BCUT2D eigenvalue weighted by molar-refractivity contribution is 5.93. The average Bonchev–Trinajstić information content (AvgIpc) is 2.57. The van der Waals surface area contributed by atoms with Gasteiger partial charge in [0.25, 0.3) is 0 Å². The molecule has 1 spiro atoms. The molecule has 2 aliphatic rings. The number of hydrogen-bond donors (Lipinski definition) is 2. The maximum absolute atomic E-state index is 11.9. The number of rotatable bonds is 2. The van der Waals surface area contributed by atoms with Crippen molar-refractivity contribution in [2.75, 3.05) is 44.7 Å². The normalized spacial score (nSPS) is 18.8. The van der Waals surface area contributed by atoms with Crippen LogP contribution in [0.3, 0.4) is 0 Å². The fraction of sp³-hybridized carbons (Fsp3) is 0.500. The van der Waals surface area contributed by atoms with E-state index in [1.165, 1.54) is 20.0 Å². The van der Waals surface area contributed by atoms with Gasteiger partial charge in [-0.3, -0.25) is 0 Å². The van der Waals surface area contributed by atoms with Crippen molar-refractivity contribution in [2.24, 2.45) is 11.1 Å². The lowest BCUT2D eigenvalue weighted by atomic mass is 9.73. The Bertz CT molecular complexity index is 646. The van der Waals surface area contributed by atoms with E-state index < -0.39 is 0 Å². The summed E-state index contributed by atoms with van der Waals surface area (Å²) in [5, 5.41) is 3.38. The van der Waals surface area contributed by atoms with E-state index in [0.29, 0.717) is 16.5 Å². The molecule has 0 aromatic heterocycles. The molecule has 2 fully saturated rings. The lowest BCUT2D eigenvalue weighted by Gasteiger charge is -2.49. The van der Waals surface area contributed by atoms with Crippen LogP contribution in [-0.4, -0.2) is 45.8 Å². The van der Waals surface area contributed by atoms with Crippen LogP contribution in [0.2, 0.25) is 0 Å². The van der Waals surface area contributed by atoms with Gasteiger partial charge in [-0.15, -0.1) is 0 Å². The van der Waals surface area contributed by atoms with Gasteiger partial charge in [-0.1, -0.05) is 11.8 Å². The minimum atomic E-state index is -0.365. The second-order valence-electron chi connectivity index (χ2n) is 6.32. The molecule has 2 aliphatic heterocycles. The SMILES string of the molecule is COC(=O)c1ccc(N2CCC3(CC2)CNC3)cc1C#CCN. The second kappa shape index (κ2) is 6.61. The van der Waals surface area contributed by atoms with E-state index in [2.05, 4.69) is 22.1 Å². The Kier molecular flexibility index (Phi) is 4.56. The first-order chi connectivity index (χ1) is 11.2. The number of carbonyl (C=O) groups is 1. The Hall–Kier alpha value is -2.03. The second-order valence-corrected chi connectivity index (χ2v) is 6.32. The van der Waals surface area contributed by atoms with Gasteiger partial charge in [0, 0.05) is 37.4 Å². The molecule has 0 unspecified atom stereocenters. The summed E-state index contributed by atoms with van der Waals surface area (Å²) in [5.41, 5.74) is 8.27. The Morgan fingerprint density at radius 1 is 1.39 bits per heavy atom. The van der Waals surface area contributed by atoms with E-state index in [-0.39, 0.29) is 12.5 Å².